The number of piperidine rings is 1. The lowest BCUT2D eigenvalue weighted by Crippen LogP contribution is -2.38. The standard InChI is InChI=1S/C17H17F3N6/c18-17(19,20)12-4-1-3-11(9-12)16-24-23-15-7-6-14(25-26(15)16)22-13-5-2-8-21-10-13/h1,3-4,6-7,9,13,21H,2,5,8,10H2,(H,22,25). The molecule has 1 unspecified atom stereocenters. The van der Waals surface area contributed by atoms with Crippen LogP contribution in [0.15, 0.2) is 36.4 Å². The molecule has 9 heteroatoms. The van der Waals surface area contributed by atoms with Crippen molar-refractivity contribution in [2.45, 2.75) is 25.1 Å². The van der Waals surface area contributed by atoms with E-state index in [0.717, 1.165) is 38.1 Å². The van der Waals surface area contributed by atoms with Crippen LogP contribution in [0.2, 0.25) is 0 Å². The number of hydrogen-bond acceptors (Lipinski definition) is 5. The van der Waals surface area contributed by atoms with E-state index in [1.807, 2.05) is 0 Å². The molecule has 0 bridgehead atoms. The van der Waals surface area contributed by atoms with Gasteiger partial charge in [-0.3, -0.25) is 0 Å². The van der Waals surface area contributed by atoms with Gasteiger partial charge in [0.25, 0.3) is 0 Å². The van der Waals surface area contributed by atoms with Gasteiger partial charge < -0.3 is 10.6 Å². The second kappa shape index (κ2) is 6.56. The van der Waals surface area contributed by atoms with Gasteiger partial charge in [-0.15, -0.1) is 15.3 Å². The fourth-order valence-corrected chi connectivity index (χ4v) is 3.06. The van der Waals surface area contributed by atoms with Crippen LogP contribution in [0, 0.1) is 0 Å². The van der Waals surface area contributed by atoms with Gasteiger partial charge in [0.05, 0.1) is 5.56 Å². The highest BCUT2D eigenvalue weighted by molar-refractivity contribution is 5.60. The van der Waals surface area contributed by atoms with Crippen LogP contribution in [-0.4, -0.2) is 38.9 Å². The van der Waals surface area contributed by atoms with Crippen molar-refractivity contribution >= 4 is 11.5 Å². The van der Waals surface area contributed by atoms with Gasteiger partial charge in [-0.1, -0.05) is 12.1 Å². The number of aromatic nitrogens is 4. The molecule has 2 aromatic heterocycles. The molecule has 136 valence electrons. The van der Waals surface area contributed by atoms with Crippen molar-refractivity contribution in [1.82, 2.24) is 25.1 Å². The predicted molar refractivity (Wildman–Crippen MR) is 90.7 cm³/mol. The summed E-state index contributed by atoms with van der Waals surface area (Å²) >= 11 is 0. The van der Waals surface area contributed by atoms with Crippen LogP contribution < -0.4 is 10.6 Å². The maximum absolute atomic E-state index is 13.0. The number of nitrogens with zero attached hydrogens (tertiary/aromatic N) is 4. The molecule has 0 radical (unpaired) electrons. The first-order chi connectivity index (χ1) is 12.5. The first kappa shape index (κ1) is 16.8. The molecule has 0 spiro atoms. The Morgan fingerprint density at radius 2 is 2.04 bits per heavy atom. The van der Waals surface area contributed by atoms with E-state index in [1.54, 1.807) is 18.2 Å². The van der Waals surface area contributed by atoms with Gasteiger partial charge in [0.1, 0.15) is 5.82 Å². The molecule has 1 saturated heterocycles. The molecule has 26 heavy (non-hydrogen) atoms. The Labute approximate surface area is 147 Å². The van der Waals surface area contributed by atoms with Gasteiger partial charge in [0.2, 0.25) is 0 Å². The Morgan fingerprint density at radius 3 is 2.81 bits per heavy atom. The lowest BCUT2D eigenvalue weighted by atomic mass is 10.1. The summed E-state index contributed by atoms with van der Waals surface area (Å²) in [5.41, 5.74) is 0.0651. The third-order valence-corrected chi connectivity index (χ3v) is 4.36. The third kappa shape index (κ3) is 3.34. The molecule has 3 heterocycles. The highest BCUT2D eigenvalue weighted by atomic mass is 19.4. The van der Waals surface area contributed by atoms with Crippen LogP contribution in [0.5, 0.6) is 0 Å². The van der Waals surface area contributed by atoms with Gasteiger partial charge in [-0.25, -0.2) is 0 Å². The largest absolute Gasteiger partial charge is 0.416 e. The van der Waals surface area contributed by atoms with E-state index in [-0.39, 0.29) is 11.9 Å². The number of fused-ring (bicyclic) bond motifs is 1. The molecule has 3 aromatic rings. The fourth-order valence-electron chi connectivity index (χ4n) is 3.06. The summed E-state index contributed by atoms with van der Waals surface area (Å²) in [5, 5.41) is 19.2. The van der Waals surface area contributed by atoms with Crippen LogP contribution in [0.3, 0.4) is 0 Å². The maximum Gasteiger partial charge on any atom is 0.416 e. The Kier molecular flexibility index (Phi) is 4.23. The Bertz CT molecular complexity index is 914. The van der Waals surface area contributed by atoms with Crippen molar-refractivity contribution in [2.24, 2.45) is 0 Å². The smallest absolute Gasteiger partial charge is 0.365 e. The monoisotopic (exact) mass is 362 g/mol. The van der Waals surface area contributed by atoms with Crippen molar-refractivity contribution < 1.29 is 13.2 Å². The zero-order valence-electron chi connectivity index (χ0n) is 13.8. The minimum Gasteiger partial charge on any atom is -0.365 e. The quantitative estimate of drug-likeness (QED) is 0.750. The summed E-state index contributed by atoms with van der Waals surface area (Å²) in [7, 11) is 0. The lowest BCUT2D eigenvalue weighted by Gasteiger charge is -2.24. The zero-order chi connectivity index (χ0) is 18.1. The molecule has 1 aliphatic heterocycles. The molecular formula is C17H17F3N6. The molecule has 0 aliphatic carbocycles. The Morgan fingerprint density at radius 1 is 1.15 bits per heavy atom. The highest BCUT2D eigenvalue weighted by Gasteiger charge is 2.30. The highest BCUT2D eigenvalue weighted by Crippen LogP contribution is 2.31. The second-order valence-corrected chi connectivity index (χ2v) is 6.28. The van der Waals surface area contributed by atoms with Gasteiger partial charge in [0, 0.05) is 18.2 Å². The number of rotatable bonds is 3. The number of hydrogen-bond donors (Lipinski definition) is 2. The first-order valence-corrected chi connectivity index (χ1v) is 8.38. The normalized spacial score (nSPS) is 18.2. The van der Waals surface area contributed by atoms with E-state index in [4.69, 9.17) is 0 Å². The Hall–Kier alpha value is -2.68. The molecule has 1 atom stereocenters. The predicted octanol–water partition coefficient (Wildman–Crippen LogP) is 2.97. The van der Waals surface area contributed by atoms with E-state index < -0.39 is 11.7 Å². The van der Waals surface area contributed by atoms with Crippen LogP contribution in [0.1, 0.15) is 18.4 Å². The van der Waals surface area contributed by atoms with Crippen molar-refractivity contribution in [1.29, 1.82) is 0 Å². The summed E-state index contributed by atoms with van der Waals surface area (Å²) in [6.07, 6.45) is -2.29. The first-order valence-electron chi connectivity index (χ1n) is 8.38. The van der Waals surface area contributed by atoms with Gasteiger partial charge in [-0.05, 0) is 43.7 Å². The average molecular weight is 362 g/mol. The van der Waals surface area contributed by atoms with Crippen molar-refractivity contribution in [3.63, 3.8) is 0 Å². The number of benzene rings is 1. The number of anilines is 1. The van der Waals surface area contributed by atoms with Gasteiger partial charge >= 0.3 is 6.18 Å². The number of nitrogens with one attached hydrogen (secondary N) is 2. The van der Waals surface area contributed by atoms with E-state index in [9.17, 15) is 13.2 Å². The molecule has 0 saturated carbocycles. The van der Waals surface area contributed by atoms with Crippen molar-refractivity contribution in [3.05, 3.63) is 42.0 Å². The molecule has 1 aliphatic rings. The minimum atomic E-state index is -4.41. The fraction of sp³-hybridized carbons (Fsp3) is 0.353. The van der Waals surface area contributed by atoms with E-state index in [1.165, 1.54) is 10.6 Å². The summed E-state index contributed by atoms with van der Waals surface area (Å²) in [5.74, 6) is 0.913. The molecule has 6 nitrogen and oxygen atoms in total. The summed E-state index contributed by atoms with van der Waals surface area (Å²) in [6.45, 7) is 1.86. The molecule has 4 rings (SSSR count). The van der Waals surface area contributed by atoms with Crippen molar-refractivity contribution in [3.8, 4) is 11.4 Å². The van der Waals surface area contributed by atoms with Crippen molar-refractivity contribution in [2.75, 3.05) is 18.4 Å². The van der Waals surface area contributed by atoms with Gasteiger partial charge in [-0.2, -0.15) is 17.7 Å². The number of halogens is 3. The summed E-state index contributed by atoms with van der Waals surface area (Å²) < 4.78 is 40.4. The van der Waals surface area contributed by atoms with Gasteiger partial charge in [0.15, 0.2) is 11.5 Å². The van der Waals surface area contributed by atoms with E-state index >= 15 is 0 Å². The Balaban J connectivity index is 1.68. The van der Waals surface area contributed by atoms with Crippen LogP contribution in [0.4, 0.5) is 19.0 Å². The number of alkyl halides is 3. The summed E-state index contributed by atoms with van der Waals surface area (Å²) in [6, 6.07) is 8.83. The topological polar surface area (TPSA) is 67.1 Å². The van der Waals surface area contributed by atoms with Crippen LogP contribution in [0.25, 0.3) is 17.0 Å². The average Bonchev–Trinajstić information content (AvgIpc) is 3.05. The molecule has 1 fully saturated rings. The minimum absolute atomic E-state index is 0.266. The SMILES string of the molecule is FC(F)(F)c1cccc(-c2nnc3ccc(NC4CCCNC4)nn23)c1. The second-order valence-electron chi connectivity index (χ2n) is 6.28. The molecule has 1 aromatic carbocycles. The molecular weight excluding hydrogens is 345 g/mol. The third-order valence-electron chi connectivity index (χ3n) is 4.36. The zero-order valence-corrected chi connectivity index (χ0v) is 13.8. The molecule has 2 N–H and O–H groups in total. The molecule has 0 amide bonds. The van der Waals surface area contributed by atoms with E-state index in [0.29, 0.717) is 17.0 Å². The van der Waals surface area contributed by atoms with Crippen LogP contribution in [-0.2, 0) is 6.18 Å². The summed E-state index contributed by atoms with van der Waals surface area (Å²) in [4.78, 5) is 0. The maximum atomic E-state index is 13.0. The van der Waals surface area contributed by atoms with E-state index in [2.05, 4.69) is 25.9 Å². The van der Waals surface area contributed by atoms with Crippen LogP contribution >= 0.6 is 0 Å². The lowest BCUT2D eigenvalue weighted by molar-refractivity contribution is -0.137.